The van der Waals surface area contributed by atoms with Crippen molar-refractivity contribution in [2.24, 2.45) is 4.99 Å². The van der Waals surface area contributed by atoms with E-state index < -0.39 is 41.3 Å². The van der Waals surface area contributed by atoms with Gasteiger partial charge in [0.1, 0.15) is 18.6 Å². The number of aliphatic hydroxyl groups is 1. The van der Waals surface area contributed by atoms with Crippen LogP contribution in [0.5, 0.6) is 0 Å². The van der Waals surface area contributed by atoms with E-state index in [1.807, 2.05) is 30.3 Å². The summed E-state index contributed by atoms with van der Waals surface area (Å²) in [6.45, 7) is 5.19. The Bertz CT molecular complexity index is 1330. The molecule has 0 aliphatic carbocycles. The van der Waals surface area contributed by atoms with E-state index in [0.717, 1.165) is 17.7 Å². The summed E-state index contributed by atoms with van der Waals surface area (Å²) in [7, 11) is 0. The molecule has 4 rings (SSSR count). The van der Waals surface area contributed by atoms with Crippen molar-refractivity contribution in [3.05, 3.63) is 87.6 Å². The summed E-state index contributed by atoms with van der Waals surface area (Å²) in [5.41, 5.74) is -0.155. The molecule has 0 amide bonds. The van der Waals surface area contributed by atoms with Gasteiger partial charge in [0.15, 0.2) is 0 Å². The van der Waals surface area contributed by atoms with Gasteiger partial charge in [-0.25, -0.2) is 9.89 Å². The molecule has 1 aliphatic rings. The molecule has 2 heterocycles. The zero-order valence-corrected chi connectivity index (χ0v) is 21.5. The monoisotopic (exact) mass is 531 g/mol. The van der Waals surface area contributed by atoms with E-state index in [1.165, 1.54) is 10.9 Å². The van der Waals surface area contributed by atoms with Gasteiger partial charge in [0.05, 0.1) is 23.8 Å². The average molecular weight is 532 g/mol. The maximum absolute atomic E-state index is 13.4. The van der Waals surface area contributed by atoms with E-state index >= 15 is 0 Å². The van der Waals surface area contributed by atoms with Crippen LogP contribution < -0.4 is 11.0 Å². The predicted molar refractivity (Wildman–Crippen MR) is 137 cm³/mol. The summed E-state index contributed by atoms with van der Waals surface area (Å²) < 4.78 is 47.9. The Morgan fingerprint density at radius 3 is 2.55 bits per heavy atom. The summed E-state index contributed by atoms with van der Waals surface area (Å²) in [5.74, 6) is 0. The first kappa shape index (κ1) is 27.7. The fourth-order valence-corrected chi connectivity index (χ4v) is 5.19. The van der Waals surface area contributed by atoms with Crippen LogP contribution in [0.25, 0.3) is 0 Å². The van der Waals surface area contributed by atoms with Gasteiger partial charge in [0.2, 0.25) is 0 Å². The molecule has 3 atom stereocenters. The number of nitrogens with one attached hydrogen (secondary N) is 2. The second-order valence-corrected chi connectivity index (χ2v) is 9.83. The van der Waals surface area contributed by atoms with Crippen molar-refractivity contribution in [2.75, 3.05) is 19.9 Å². The Balaban J connectivity index is 1.64. The molecule has 0 spiro atoms. The third kappa shape index (κ3) is 5.45. The number of nitrogens with zero attached hydrogens (tertiary/aromatic N) is 3. The Hall–Kier alpha value is -3.28. The maximum Gasteiger partial charge on any atom is 0.416 e. The lowest BCUT2D eigenvalue weighted by Crippen LogP contribution is -2.62. The standard InChI is InChI=1S/C27H32F3N5O3/c1-18-11-21(13-23(12-18)27(28,29)30)19(2)38-15-25(22-7-5-4-6-8-22)9-10-26(14-32-25,20(3)31-17-36)35-16-33-34-24(35)37/h4-8,11-13,16,19,32,36H,9-10,14-15,17H2,1-3H3,(H,34,37)/b31-20+/t19-,25-,26+/m1/s1. The topological polar surface area (TPSA) is 105 Å². The molecule has 1 aliphatic heterocycles. The van der Waals surface area contributed by atoms with Crippen molar-refractivity contribution in [3.63, 3.8) is 0 Å². The number of aromatic nitrogens is 3. The van der Waals surface area contributed by atoms with Gasteiger partial charge < -0.3 is 15.2 Å². The smallest absolute Gasteiger partial charge is 0.375 e. The van der Waals surface area contributed by atoms with Gasteiger partial charge in [0, 0.05) is 12.3 Å². The number of hydrogen-bond acceptors (Lipinski definition) is 6. The van der Waals surface area contributed by atoms with E-state index in [0.29, 0.717) is 29.7 Å². The SMILES string of the molecule is C/C(=N\CO)[C@]1(n2cn[nH]c2=O)CC[C@@](CO[C@H](C)c2cc(C)cc(C(F)(F)F)c2)(c2ccccc2)NC1. The first-order valence-electron chi connectivity index (χ1n) is 12.4. The molecule has 8 nitrogen and oxygen atoms in total. The van der Waals surface area contributed by atoms with Crippen molar-refractivity contribution < 1.29 is 23.0 Å². The van der Waals surface area contributed by atoms with Crippen LogP contribution in [-0.4, -0.2) is 45.5 Å². The minimum Gasteiger partial charge on any atom is -0.375 e. The van der Waals surface area contributed by atoms with Crippen molar-refractivity contribution in [3.8, 4) is 0 Å². The number of aryl methyl sites for hydroxylation is 1. The number of alkyl halides is 3. The van der Waals surface area contributed by atoms with Crippen LogP contribution in [0, 0.1) is 6.92 Å². The Morgan fingerprint density at radius 2 is 1.97 bits per heavy atom. The number of ether oxygens (including phenoxy) is 1. The summed E-state index contributed by atoms with van der Waals surface area (Å²) in [6.07, 6.45) is -2.63. The Labute approximate surface area is 218 Å². The van der Waals surface area contributed by atoms with Crippen LogP contribution in [-0.2, 0) is 22.0 Å². The molecule has 2 aromatic carbocycles. The predicted octanol–water partition coefficient (Wildman–Crippen LogP) is 4.06. The first-order valence-corrected chi connectivity index (χ1v) is 12.4. The van der Waals surface area contributed by atoms with Crippen molar-refractivity contribution >= 4 is 5.71 Å². The van der Waals surface area contributed by atoms with E-state index in [-0.39, 0.29) is 13.2 Å². The highest BCUT2D eigenvalue weighted by Gasteiger charge is 2.47. The number of aliphatic imine (C=N–C) groups is 1. The van der Waals surface area contributed by atoms with Crippen molar-refractivity contribution in [2.45, 2.75) is 57.0 Å². The van der Waals surface area contributed by atoms with Crippen molar-refractivity contribution in [1.82, 2.24) is 20.1 Å². The number of rotatable bonds is 8. The fourth-order valence-electron chi connectivity index (χ4n) is 5.19. The van der Waals surface area contributed by atoms with Gasteiger partial charge >= 0.3 is 11.9 Å². The van der Waals surface area contributed by atoms with Crippen LogP contribution in [0.1, 0.15) is 55.0 Å². The molecule has 1 aromatic heterocycles. The molecule has 1 fully saturated rings. The molecule has 0 unspecified atom stereocenters. The molecule has 204 valence electrons. The number of aliphatic hydroxyl groups excluding tert-OH is 1. The van der Waals surface area contributed by atoms with Crippen LogP contribution in [0.4, 0.5) is 13.2 Å². The second kappa shape index (κ2) is 10.8. The van der Waals surface area contributed by atoms with Crippen LogP contribution in [0.3, 0.4) is 0 Å². The largest absolute Gasteiger partial charge is 0.416 e. The highest BCUT2D eigenvalue weighted by Crippen LogP contribution is 2.39. The van der Waals surface area contributed by atoms with E-state index in [2.05, 4.69) is 20.5 Å². The highest BCUT2D eigenvalue weighted by atomic mass is 19.4. The normalized spacial score (nSPS) is 23.4. The molecule has 3 aromatic rings. The summed E-state index contributed by atoms with van der Waals surface area (Å²) >= 11 is 0. The van der Waals surface area contributed by atoms with Gasteiger partial charge in [-0.1, -0.05) is 42.0 Å². The molecule has 0 saturated carbocycles. The molecule has 1 saturated heterocycles. The average Bonchev–Trinajstić information content (AvgIpc) is 3.33. The van der Waals surface area contributed by atoms with E-state index in [1.54, 1.807) is 26.8 Å². The van der Waals surface area contributed by atoms with E-state index in [4.69, 9.17) is 4.74 Å². The molecular weight excluding hydrogens is 499 g/mol. The molecular formula is C27H32F3N5O3. The number of H-pyrrole nitrogens is 1. The van der Waals surface area contributed by atoms with Crippen LogP contribution in [0.2, 0.25) is 0 Å². The lowest BCUT2D eigenvalue weighted by Gasteiger charge is -2.48. The van der Waals surface area contributed by atoms with Crippen LogP contribution >= 0.6 is 0 Å². The van der Waals surface area contributed by atoms with Gasteiger partial charge in [-0.15, -0.1) is 0 Å². The van der Waals surface area contributed by atoms with Crippen LogP contribution in [0.15, 0.2) is 64.6 Å². The fraction of sp³-hybridized carbons (Fsp3) is 0.444. The lowest BCUT2D eigenvalue weighted by molar-refractivity contribution is -0.137. The number of aromatic amines is 1. The first-order chi connectivity index (χ1) is 18.0. The Kier molecular flexibility index (Phi) is 7.91. The molecule has 3 N–H and O–H groups in total. The molecule has 0 bridgehead atoms. The highest BCUT2D eigenvalue weighted by molar-refractivity contribution is 5.90. The summed E-state index contributed by atoms with van der Waals surface area (Å²) in [5, 5.41) is 19.3. The maximum atomic E-state index is 13.4. The minimum absolute atomic E-state index is 0.181. The number of benzene rings is 2. The molecule has 11 heteroatoms. The zero-order valence-electron chi connectivity index (χ0n) is 21.5. The van der Waals surface area contributed by atoms with Gasteiger partial charge in [-0.05, 0) is 56.9 Å². The van der Waals surface area contributed by atoms with Gasteiger partial charge in [0.25, 0.3) is 0 Å². The Morgan fingerprint density at radius 1 is 1.24 bits per heavy atom. The third-order valence-corrected chi connectivity index (χ3v) is 7.48. The van der Waals surface area contributed by atoms with Gasteiger partial charge in [-0.2, -0.15) is 18.3 Å². The molecule has 38 heavy (non-hydrogen) atoms. The number of hydrogen-bond donors (Lipinski definition) is 3. The summed E-state index contributed by atoms with van der Waals surface area (Å²) in [6, 6.07) is 13.6. The zero-order chi connectivity index (χ0) is 27.6. The molecule has 0 radical (unpaired) electrons. The lowest BCUT2D eigenvalue weighted by atomic mass is 9.74. The minimum atomic E-state index is -4.45. The number of piperidine rings is 1. The summed E-state index contributed by atoms with van der Waals surface area (Å²) in [4.78, 5) is 16.8. The quantitative estimate of drug-likeness (QED) is 0.381. The number of halogens is 3. The third-order valence-electron chi connectivity index (χ3n) is 7.48. The van der Waals surface area contributed by atoms with E-state index in [9.17, 15) is 23.1 Å². The second-order valence-electron chi connectivity index (χ2n) is 9.83. The van der Waals surface area contributed by atoms with Crippen molar-refractivity contribution in [1.29, 1.82) is 0 Å². The van der Waals surface area contributed by atoms with Gasteiger partial charge in [-0.3, -0.25) is 9.56 Å².